The Bertz CT molecular complexity index is 566. The van der Waals surface area contributed by atoms with Gasteiger partial charge in [-0.1, -0.05) is 11.6 Å². The minimum atomic E-state index is -1.02. The summed E-state index contributed by atoms with van der Waals surface area (Å²) < 4.78 is 6.46. The summed E-state index contributed by atoms with van der Waals surface area (Å²) in [6, 6.07) is 5.09. The van der Waals surface area contributed by atoms with E-state index in [9.17, 15) is 4.79 Å². The predicted molar refractivity (Wildman–Crippen MR) is 62.1 cm³/mol. The first-order valence-electron chi connectivity index (χ1n) is 4.73. The third-order valence-corrected chi connectivity index (χ3v) is 2.52. The number of halogens is 1. The molecule has 0 radical (unpaired) electrons. The zero-order valence-corrected chi connectivity index (χ0v) is 9.68. The van der Waals surface area contributed by atoms with Crippen LogP contribution in [0.3, 0.4) is 0 Å². The maximum atomic E-state index is 10.7. The van der Waals surface area contributed by atoms with E-state index in [-0.39, 0.29) is 5.56 Å². The Morgan fingerprint density at radius 2 is 2.29 bits per heavy atom. The summed E-state index contributed by atoms with van der Waals surface area (Å²) in [7, 11) is 1.53. The quantitative estimate of drug-likeness (QED) is 0.910. The normalized spacial score (nSPS) is 10.2. The number of rotatable bonds is 3. The van der Waals surface area contributed by atoms with Crippen LogP contribution in [0.25, 0.3) is 5.69 Å². The number of carbonyl (C=O) groups is 1. The average Bonchev–Trinajstić information content (AvgIpc) is 2.78. The second-order valence-corrected chi connectivity index (χ2v) is 3.70. The van der Waals surface area contributed by atoms with Crippen molar-refractivity contribution in [3.05, 3.63) is 41.2 Å². The molecule has 0 atom stereocenters. The minimum absolute atomic E-state index is 0.122. The average molecular weight is 253 g/mol. The van der Waals surface area contributed by atoms with Crippen molar-refractivity contribution in [3.8, 4) is 11.4 Å². The van der Waals surface area contributed by atoms with Crippen molar-refractivity contribution in [2.24, 2.45) is 0 Å². The molecule has 1 heterocycles. The molecule has 2 aromatic rings. The number of aromatic carboxylic acids is 1. The van der Waals surface area contributed by atoms with Gasteiger partial charge in [0.25, 0.3) is 0 Å². The largest absolute Gasteiger partial charge is 0.495 e. The van der Waals surface area contributed by atoms with Gasteiger partial charge in [0.05, 0.1) is 29.6 Å². The van der Waals surface area contributed by atoms with E-state index >= 15 is 0 Å². The number of ether oxygens (including phenoxy) is 1. The van der Waals surface area contributed by atoms with Gasteiger partial charge in [-0.15, -0.1) is 0 Å². The molecule has 0 amide bonds. The lowest BCUT2D eigenvalue weighted by atomic mass is 10.3. The first-order valence-corrected chi connectivity index (χ1v) is 5.11. The van der Waals surface area contributed by atoms with Gasteiger partial charge < -0.3 is 9.84 Å². The van der Waals surface area contributed by atoms with Crippen LogP contribution in [-0.2, 0) is 0 Å². The van der Waals surface area contributed by atoms with Crippen molar-refractivity contribution in [1.29, 1.82) is 0 Å². The molecule has 1 aromatic heterocycles. The van der Waals surface area contributed by atoms with E-state index in [0.29, 0.717) is 16.5 Å². The van der Waals surface area contributed by atoms with Gasteiger partial charge in [-0.2, -0.15) is 5.10 Å². The number of nitrogens with zero attached hydrogens (tertiary/aromatic N) is 2. The van der Waals surface area contributed by atoms with Crippen LogP contribution >= 0.6 is 11.6 Å². The highest BCUT2D eigenvalue weighted by Crippen LogP contribution is 2.26. The summed E-state index contributed by atoms with van der Waals surface area (Å²) in [5, 5.41) is 13.2. The van der Waals surface area contributed by atoms with Crippen LogP contribution in [0.4, 0.5) is 0 Å². The van der Waals surface area contributed by atoms with Crippen molar-refractivity contribution < 1.29 is 14.6 Å². The van der Waals surface area contributed by atoms with Gasteiger partial charge in [0.2, 0.25) is 0 Å². The SMILES string of the molecule is COc1ccc(-n2cc(C(=O)O)cn2)cc1Cl. The molecule has 5 nitrogen and oxygen atoms in total. The molecule has 0 spiro atoms. The van der Waals surface area contributed by atoms with Crippen molar-refractivity contribution in [2.75, 3.05) is 7.11 Å². The van der Waals surface area contributed by atoms with Crippen LogP contribution in [0.15, 0.2) is 30.6 Å². The molecule has 88 valence electrons. The molecular weight excluding hydrogens is 244 g/mol. The van der Waals surface area contributed by atoms with Crippen LogP contribution < -0.4 is 4.74 Å². The summed E-state index contributed by atoms with van der Waals surface area (Å²) in [5.41, 5.74) is 0.792. The summed E-state index contributed by atoms with van der Waals surface area (Å²) >= 11 is 5.97. The summed E-state index contributed by atoms with van der Waals surface area (Å²) in [4.78, 5) is 10.7. The Balaban J connectivity index is 2.39. The van der Waals surface area contributed by atoms with Gasteiger partial charge in [0, 0.05) is 6.20 Å². The zero-order chi connectivity index (χ0) is 12.4. The zero-order valence-electron chi connectivity index (χ0n) is 8.92. The van der Waals surface area contributed by atoms with E-state index < -0.39 is 5.97 Å². The Kier molecular flexibility index (Phi) is 3.01. The lowest BCUT2D eigenvalue weighted by molar-refractivity contribution is 0.0697. The molecule has 0 fully saturated rings. The third-order valence-electron chi connectivity index (χ3n) is 2.23. The Morgan fingerprint density at radius 1 is 1.53 bits per heavy atom. The number of methoxy groups -OCH3 is 1. The molecule has 0 saturated heterocycles. The minimum Gasteiger partial charge on any atom is -0.495 e. The van der Waals surface area contributed by atoms with Crippen LogP contribution in [0.5, 0.6) is 5.75 Å². The van der Waals surface area contributed by atoms with Crippen molar-refractivity contribution in [3.63, 3.8) is 0 Å². The Labute approximate surface area is 102 Å². The van der Waals surface area contributed by atoms with Gasteiger partial charge in [-0.25, -0.2) is 9.48 Å². The molecule has 0 aliphatic carbocycles. The highest BCUT2D eigenvalue weighted by molar-refractivity contribution is 6.32. The van der Waals surface area contributed by atoms with E-state index in [1.807, 2.05) is 0 Å². The van der Waals surface area contributed by atoms with E-state index in [4.69, 9.17) is 21.4 Å². The number of carboxylic acids is 1. The molecular formula is C11H9ClN2O3. The second kappa shape index (κ2) is 4.47. The smallest absolute Gasteiger partial charge is 0.338 e. The lowest BCUT2D eigenvalue weighted by Gasteiger charge is -2.05. The van der Waals surface area contributed by atoms with Crippen LogP contribution in [0.1, 0.15) is 10.4 Å². The highest BCUT2D eigenvalue weighted by atomic mass is 35.5. The van der Waals surface area contributed by atoms with E-state index in [1.165, 1.54) is 24.2 Å². The molecule has 1 aromatic carbocycles. The molecule has 0 aliphatic heterocycles. The van der Waals surface area contributed by atoms with Gasteiger partial charge in [0.15, 0.2) is 0 Å². The Hall–Kier alpha value is -2.01. The van der Waals surface area contributed by atoms with Crippen molar-refractivity contribution in [2.45, 2.75) is 0 Å². The Morgan fingerprint density at radius 3 is 2.82 bits per heavy atom. The van der Waals surface area contributed by atoms with Gasteiger partial charge in [-0.05, 0) is 18.2 Å². The van der Waals surface area contributed by atoms with Crippen molar-refractivity contribution >= 4 is 17.6 Å². The molecule has 0 aliphatic rings. The number of hydrogen-bond donors (Lipinski definition) is 1. The molecule has 0 unspecified atom stereocenters. The molecule has 6 heteroatoms. The first-order chi connectivity index (χ1) is 8.11. The number of hydrogen-bond acceptors (Lipinski definition) is 3. The molecule has 2 rings (SSSR count). The standard InChI is InChI=1S/C11H9ClN2O3/c1-17-10-3-2-8(4-9(10)12)14-6-7(5-13-14)11(15)16/h2-6H,1H3,(H,15,16). The molecule has 17 heavy (non-hydrogen) atoms. The predicted octanol–water partition coefficient (Wildman–Crippen LogP) is 2.23. The fraction of sp³-hybridized carbons (Fsp3) is 0.0909. The van der Waals surface area contributed by atoms with E-state index in [1.54, 1.807) is 18.2 Å². The topological polar surface area (TPSA) is 64.3 Å². The van der Waals surface area contributed by atoms with E-state index in [0.717, 1.165) is 0 Å². The molecule has 0 bridgehead atoms. The number of aromatic nitrogens is 2. The third kappa shape index (κ3) is 2.24. The molecule has 1 N–H and O–H groups in total. The number of benzene rings is 1. The fourth-order valence-electron chi connectivity index (χ4n) is 1.37. The fourth-order valence-corrected chi connectivity index (χ4v) is 1.62. The van der Waals surface area contributed by atoms with E-state index in [2.05, 4.69) is 5.10 Å². The molecule has 0 saturated carbocycles. The number of carboxylic acid groups (broad SMARTS) is 1. The van der Waals surface area contributed by atoms with Gasteiger partial charge >= 0.3 is 5.97 Å². The monoisotopic (exact) mass is 252 g/mol. The highest BCUT2D eigenvalue weighted by Gasteiger charge is 2.08. The summed E-state index contributed by atoms with van der Waals surface area (Å²) in [6.45, 7) is 0. The van der Waals surface area contributed by atoms with Gasteiger partial charge in [0.1, 0.15) is 5.75 Å². The lowest BCUT2D eigenvalue weighted by Crippen LogP contribution is -1.96. The van der Waals surface area contributed by atoms with Crippen LogP contribution in [0, 0.1) is 0 Å². The summed E-state index contributed by atoms with van der Waals surface area (Å²) in [6.07, 6.45) is 2.70. The second-order valence-electron chi connectivity index (χ2n) is 3.30. The first kappa shape index (κ1) is 11.5. The van der Waals surface area contributed by atoms with Crippen LogP contribution in [0.2, 0.25) is 5.02 Å². The maximum absolute atomic E-state index is 10.7. The van der Waals surface area contributed by atoms with Gasteiger partial charge in [-0.3, -0.25) is 0 Å². The van der Waals surface area contributed by atoms with Crippen LogP contribution in [-0.4, -0.2) is 28.0 Å². The maximum Gasteiger partial charge on any atom is 0.338 e. The van der Waals surface area contributed by atoms with Crippen molar-refractivity contribution in [1.82, 2.24) is 9.78 Å². The summed E-state index contributed by atoms with van der Waals surface area (Å²) in [5.74, 6) is -0.461.